The zero-order valence-electron chi connectivity index (χ0n) is 12.0. The highest BCUT2D eigenvalue weighted by atomic mass is 15.0. The summed E-state index contributed by atoms with van der Waals surface area (Å²) in [6.07, 6.45) is 4.07. The molecule has 4 rings (SSSR count). The second-order valence-corrected chi connectivity index (χ2v) is 5.61. The third kappa shape index (κ3) is 2.15. The number of hydrogen-bond acceptors (Lipinski definition) is 3. The first-order valence-corrected chi connectivity index (χ1v) is 7.38. The van der Waals surface area contributed by atoms with Gasteiger partial charge < -0.3 is 5.32 Å². The number of pyridine rings is 2. The number of fused-ring (bicyclic) bond motifs is 2. The van der Waals surface area contributed by atoms with E-state index in [9.17, 15) is 0 Å². The standard InChI is InChI=1S/C18H17N3/c1-12-7-8-14-4-2-6-15(18(14)20-12)21-16-10-9-13-5-3-11-19-17(13)16/h2-8,11,16,21H,9-10H2,1H3. The fourth-order valence-electron chi connectivity index (χ4n) is 3.10. The van der Waals surface area contributed by atoms with Crippen LogP contribution in [0.1, 0.15) is 29.4 Å². The van der Waals surface area contributed by atoms with E-state index >= 15 is 0 Å². The van der Waals surface area contributed by atoms with Crippen LogP contribution in [0.4, 0.5) is 5.69 Å². The van der Waals surface area contributed by atoms with E-state index in [0.717, 1.165) is 29.7 Å². The molecule has 0 saturated carbocycles. The molecule has 1 atom stereocenters. The van der Waals surface area contributed by atoms with Crippen LogP contribution in [0.2, 0.25) is 0 Å². The van der Waals surface area contributed by atoms with E-state index in [1.807, 2.05) is 19.2 Å². The van der Waals surface area contributed by atoms with Gasteiger partial charge in [-0.1, -0.05) is 24.3 Å². The van der Waals surface area contributed by atoms with Crippen molar-refractivity contribution < 1.29 is 0 Å². The Balaban J connectivity index is 1.74. The number of nitrogens with one attached hydrogen (secondary N) is 1. The quantitative estimate of drug-likeness (QED) is 0.767. The van der Waals surface area contributed by atoms with Crippen LogP contribution in [-0.4, -0.2) is 9.97 Å². The van der Waals surface area contributed by atoms with Gasteiger partial charge in [0.15, 0.2) is 0 Å². The minimum atomic E-state index is 0.286. The molecule has 1 aromatic carbocycles. The zero-order valence-corrected chi connectivity index (χ0v) is 12.0. The van der Waals surface area contributed by atoms with Crippen LogP contribution in [0.5, 0.6) is 0 Å². The van der Waals surface area contributed by atoms with Crippen molar-refractivity contribution in [2.24, 2.45) is 0 Å². The third-order valence-corrected chi connectivity index (χ3v) is 4.15. The van der Waals surface area contributed by atoms with Crippen molar-refractivity contribution in [3.05, 3.63) is 65.6 Å². The van der Waals surface area contributed by atoms with Gasteiger partial charge in [-0.2, -0.15) is 0 Å². The fourth-order valence-corrected chi connectivity index (χ4v) is 3.10. The lowest BCUT2D eigenvalue weighted by Gasteiger charge is -2.16. The minimum absolute atomic E-state index is 0.286. The normalized spacial score (nSPS) is 16.9. The fraction of sp³-hybridized carbons (Fsp3) is 0.222. The average Bonchev–Trinajstić information content (AvgIpc) is 2.91. The highest BCUT2D eigenvalue weighted by Crippen LogP contribution is 2.33. The smallest absolute Gasteiger partial charge is 0.0936 e. The van der Waals surface area contributed by atoms with E-state index in [4.69, 9.17) is 4.98 Å². The Morgan fingerprint density at radius 1 is 1.10 bits per heavy atom. The Kier molecular flexibility index (Phi) is 2.85. The lowest BCUT2D eigenvalue weighted by molar-refractivity contribution is 0.746. The molecule has 0 fully saturated rings. The average molecular weight is 275 g/mol. The van der Waals surface area contributed by atoms with Gasteiger partial charge >= 0.3 is 0 Å². The summed E-state index contributed by atoms with van der Waals surface area (Å²) in [6.45, 7) is 2.03. The summed E-state index contributed by atoms with van der Waals surface area (Å²) in [4.78, 5) is 9.24. The van der Waals surface area contributed by atoms with Gasteiger partial charge in [-0.05, 0) is 43.5 Å². The minimum Gasteiger partial charge on any atom is -0.375 e. The molecule has 21 heavy (non-hydrogen) atoms. The van der Waals surface area contributed by atoms with E-state index in [0.29, 0.717) is 0 Å². The van der Waals surface area contributed by atoms with Gasteiger partial charge in [0.25, 0.3) is 0 Å². The maximum Gasteiger partial charge on any atom is 0.0936 e. The van der Waals surface area contributed by atoms with Crippen LogP contribution in [-0.2, 0) is 6.42 Å². The van der Waals surface area contributed by atoms with E-state index in [2.05, 4.69) is 46.7 Å². The summed E-state index contributed by atoms with van der Waals surface area (Å²) in [5.41, 5.74) is 5.73. The Labute approximate surface area is 124 Å². The zero-order chi connectivity index (χ0) is 14.2. The number of aryl methyl sites for hydroxylation is 2. The molecular weight excluding hydrogens is 258 g/mol. The molecule has 0 aliphatic heterocycles. The van der Waals surface area contributed by atoms with Gasteiger partial charge in [-0.25, -0.2) is 0 Å². The maximum absolute atomic E-state index is 4.69. The highest BCUT2D eigenvalue weighted by Gasteiger charge is 2.23. The first kappa shape index (κ1) is 12.3. The first-order valence-electron chi connectivity index (χ1n) is 7.38. The Bertz CT molecular complexity index is 810. The maximum atomic E-state index is 4.69. The number of rotatable bonds is 2. The van der Waals surface area contributed by atoms with Crippen molar-refractivity contribution >= 4 is 16.6 Å². The van der Waals surface area contributed by atoms with Crippen LogP contribution in [0.25, 0.3) is 10.9 Å². The molecule has 0 amide bonds. The van der Waals surface area contributed by atoms with Crippen molar-refractivity contribution in [2.45, 2.75) is 25.8 Å². The predicted molar refractivity (Wildman–Crippen MR) is 85.4 cm³/mol. The van der Waals surface area contributed by atoms with Gasteiger partial charge in [-0.15, -0.1) is 0 Å². The summed E-state index contributed by atoms with van der Waals surface area (Å²) in [5, 5.41) is 4.81. The first-order chi connectivity index (χ1) is 10.3. The lowest BCUT2D eigenvalue weighted by atomic mass is 10.1. The molecule has 0 bridgehead atoms. The molecule has 3 aromatic rings. The van der Waals surface area contributed by atoms with Crippen LogP contribution < -0.4 is 5.32 Å². The molecule has 1 aliphatic carbocycles. The molecule has 0 radical (unpaired) electrons. The molecule has 0 spiro atoms. The summed E-state index contributed by atoms with van der Waals surface area (Å²) >= 11 is 0. The van der Waals surface area contributed by atoms with E-state index in [-0.39, 0.29) is 6.04 Å². The number of aromatic nitrogens is 2. The number of nitrogens with zero attached hydrogens (tertiary/aromatic N) is 2. The molecule has 1 N–H and O–H groups in total. The molecule has 3 nitrogen and oxygen atoms in total. The van der Waals surface area contributed by atoms with Crippen molar-refractivity contribution in [1.29, 1.82) is 0 Å². The summed E-state index contributed by atoms with van der Waals surface area (Å²) in [7, 11) is 0. The van der Waals surface area contributed by atoms with Crippen molar-refractivity contribution in [3.63, 3.8) is 0 Å². The highest BCUT2D eigenvalue weighted by molar-refractivity contribution is 5.90. The summed E-state index contributed by atoms with van der Waals surface area (Å²) in [5.74, 6) is 0. The van der Waals surface area contributed by atoms with Crippen molar-refractivity contribution in [3.8, 4) is 0 Å². The summed E-state index contributed by atoms with van der Waals surface area (Å²) < 4.78 is 0. The Morgan fingerprint density at radius 3 is 3.00 bits per heavy atom. The van der Waals surface area contributed by atoms with Gasteiger partial charge in [0, 0.05) is 17.3 Å². The van der Waals surface area contributed by atoms with Gasteiger partial charge in [0.1, 0.15) is 0 Å². The van der Waals surface area contributed by atoms with Gasteiger partial charge in [-0.3, -0.25) is 9.97 Å². The molecule has 104 valence electrons. The largest absolute Gasteiger partial charge is 0.375 e. The molecular formula is C18H17N3. The predicted octanol–water partition coefficient (Wildman–Crippen LogP) is 4.04. The van der Waals surface area contributed by atoms with Gasteiger partial charge in [0.05, 0.1) is 22.9 Å². The van der Waals surface area contributed by atoms with E-state index < -0.39 is 0 Å². The Hall–Kier alpha value is -2.42. The molecule has 2 aromatic heterocycles. The van der Waals surface area contributed by atoms with Gasteiger partial charge in [0.2, 0.25) is 0 Å². The molecule has 1 aliphatic rings. The second kappa shape index (κ2) is 4.85. The van der Waals surface area contributed by atoms with Crippen LogP contribution >= 0.6 is 0 Å². The molecule has 2 heterocycles. The number of hydrogen-bond donors (Lipinski definition) is 1. The molecule has 1 unspecified atom stereocenters. The molecule has 3 heteroatoms. The van der Waals surface area contributed by atoms with E-state index in [1.165, 1.54) is 16.6 Å². The SMILES string of the molecule is Cc1ccc2cccc(NC3CCc4cccnc43)c2n1. The van der Waals surface area contributed by atoms with Crippen LogP contribution in [0.15, 0.2) is 48.7 Å². The summed E-state index contributed by atoms with van der Waals surface area (Å²) in [6, 6.07) is 15.0. The van der Waals surface area contributed by atoms with Crippen LogP contribution in [0.3, 0.4) is 0 Å². The second-order valence-electron chi connectivity index (χ2n) is 5.61. The van der Waals surface area contributed by atoms with Crippen molar-refractivity contribution in [2.75, 3.05) is 5.32 Å². The number of para-hydroxylation sites is 1. The van der Waals surface area contributed by atoms with Crippen LogP contribution in [0, 0.1) is 6.92 Å². The topological polar surface area (TPSA) is 37.8 Å². The van der Waals surface area contributed by atoms with Crippen molar-refractivity contribution in [1.82, 2.24) is 9.97 Å². The molecule has 0 saturated heterocycles. The Morgan fingerprint density at radius 2 is 2.05 bits per heavy atom. The number of anilines is 1. The number of benzene rings is 1. The monoisotopic (exact) mass is 275 g/mol. The third-order valence-electron chi connectivity index (χ3n) is 4.15. The van der Waals surface area contributed by atoms with E-state index in [1.54, 1.807) is 0 Å². The lowest BCUT2D eigenvalue weighted by Crippen LogP contribution is -2.09.